The van der Waals surface area contributed by atoms with Gasteiger partial charge in [-0.3, -0.25) is 4.90 Å². The number of likely N-dealkylation sites (tertiary alicyclic amines) is 1. The summed E-state index contributed by atoms with van der Waals surface area (Å²) in [5, 5.41) is 27.8. The molecular weight excluding hydrogens is 178 g/mol. The molecule has 1 saturated heterocycles. The maximum absolute atomic E-state index is 9.49. The van der Waals surface area contributed by atoms with Gasteiger partial charge in [0.15, 0.2) is 0 Å². The smallest absolute Gasteiger partial charge is 0.116 e. The SMILES string of the molecule is CCN1CC(O)C(O)C1(S)CO. The average molecular weight is 193 g/mol. The average Bonchev–Trinajstić information content (AvgIpc) is 2.30. The van der Waals surface area contributed by atoms with Gasteiger partial charge in [0.1, 0.15) is 11.0 Å². The summed E-state index contributed by atoms with van der Waals surface area (Å²) in [5.41, 5.74) is 0. The van der Waals surface area contributed by atoms with Gasteiger partial charge in [-0.1, -0.05) is 6.92 Å². The van der Waals surface area contributed by atoms with Gasteiger partial charge in [-0.2, -0.15) is 12.6 Å². The molecule has 1 aliphatic heterocycles. The van der Waals surface area contributed by atoms with Crippen LogP contribution in [0.3, 0.4) is 0 Å². The normalized spacial score (nSPS) is 43.8. The highest BCUT2D eigenvalue weighted by atomic mass is 32.1. The van der Waals surface area contributed by atoms with E-state index in [1.165, 1.54) is 0 Å². The van der Waals surface area contributed by atoms with E-state index in [4.69, 9.17) is 5.11 Å². The zero-order valence-electron chi connectivity index (χ0n) is 7.01. The number of hydrogen-bond donors (Lipinski definition) is 4. The zero-order chi connectivity index (χ0) is 9.35. The fourth-order valence-corrected chi connectivity index (χ4v) is 1.97. The van der Waals surface area contributed by atoms with Crippen molar-refractivity contribution in [2.24, 2.45) is 0 Å². The van der Waals surface area contributed by atoms with Crippen molar-refractivity contribution in [3.8, 4) is 0 Å². The van der Waals surface area contributed by atoms with Gasteiger partial charge in [0.25, 0.3) is 0 Å². The van der Waals surface area contributed by atoms with Crippen LogP contribution in [-0.2, 0) is 0 Å². The minimum absolute atomic E-state index is 0.262. The zero-order valence-corrected chi connectivity index (χ0v) is 7.91. The Balaban J connectivity index is 2.80. The van der Waals surface area contributed by atoms with Crippen LogP contribution >= 0.6 is 12.6 Å². The molecular formula is C7H15NO3S. The number of aliphatic hydroxyl groups excluding tert-OH is 3. The topological polar surface area (TPSA) is 63.9 Å². The lowest BCUT2D eigenvalue weighted by molar-refractivity contribution is 0.00926. The van der Waals surface area contributed by atoms with E-state index in [-0.39, 0.29) is 6.61 Å². The van der Waals surface area contributed by atoms with Crippen LogP contribution in [0.25, 0.3) is 0 Å². The van der Waals surface area contributed by atoms with Gasteiger partial charge in [0, 0.05) is 6.54 Å². The fourth-order valence-electron chi connectivity index (χ4n) is 1.58. The van der Waals surface area contributed by atoms with E-state index in [0.717, 1.165) is 0 Å². The molecule has 72 valence electrons. The quantitative estimate of drug-likeness (QED) is 0.410. The number of hydrogen-bond acceptors (Lipinski definition) is 5. The van der Waals surface area contributed by atoms with Crippen LogP contribution in [0.15, 0.2) is 0 Å². The molecule has 1 aliphatic rings. The van der Waals surface area contributed by atoms with Crippen molar-refractivity contribution >= 4 is 12.6 Å². The molecule has 0 radical (unpaired) electrons. The highest BCUT2D eigenvalue weighted by Crippen LogP contribution is 2.32. The summed E-state index contributed by atoms with van der Waals surface area (Å²) in [6.45, 7) is 2.65. The van der Waals surface area contributed by atoms with Gasteiger partial charge in [0.05, 0.1) is 12.7 Å². The molecule has 0 amide bonds. The second-order valence-corrected chi connectivity index (χ2v) is 3.86. The Hall–Kier alpha value is 0.190. The van der Waals surface area contributed by atoms with Gasteiger partial charge in [-0.05, 0) is 6.54 Å². The van der Waals surface area contributed by atoms with Gasteiger partial charge >= 0.3 is 0 Å². The molecule has 0 spiro atoms. The predicted molar refractivity (Wildman–Crippen MR) is 48.1 cm³/mol. The number of rotatable bonds is 2. The Morgan fingerprint density at radius 2 is 2.17 bits per heavy atom. The maximum Gasteiger partial charge on any atom is 0.116 e. The van der Waals surface area contributed by atoms with Gasteiger partial charge in [0.2, 0.25) is 0 Å². The first-order valence-electron chi connectivity index (χ1n) is 4.00. The Labute approximate surface area is 77.2 Å². The van der Waals surface area contributed by atoms with Crippen molar-refractivity contribution < 1.29 is 15.3 Å². The Bertz CT molecular complexity index is 169. The molecule has 0 aromatic rings. The third-order valence-corrected chi connectivity index (χ3v) is 3.10. The third-order valence-electron chi connectivity index (χ3n) is 2.41. The van der Waals surface area contributed by atoms with Crippen molar-refractivity contribution in [3.05, 3.63) is 0 Å². The standard InChI is InChI=1S/C7H15NO3S/c1-2-8-3-5(10)6(11)7(8,12)4-9/h5-6,9-12H,2-4H2,1H3. The van der Waals surface area contributed by atoms with Crippen LogP contribution in [0.4, 0.5) is 0 Å². The largest absolute Gasteiger partial charge is 0.393 e. The maximum atomic E-state index is 9.49. The lowest BCUT2D eigenvalue weighted by atomic mass is 10.1. The van der Waals surface area contributed by atoms with Crippen molar-refractivity contribution in [1.82, 2.24) is 4.90 Å². The first-order valence-corrected chi connectivity index (χ1v) is 4.45. The molecule has 3 atom stereocenters. The summed E-state index contributed by atoms with van der Waals surface area (Å²) in [5.74, 6) is 0. The number of likely N-dealkylation sites (N-methyl/N-ethyl adjacent to an activating group) is 1. The van der Waals surface area contributed by atoms with Crippen LogP contribution in [0, 0.1) is 0 Å². The Morgan fingerprint density at radius 3 is 2.50 bits per heavy atom. The number of thiol groups is 1. The van der Waals surface area contributed by atoms with Gasteiger partial charge < -0.3 is 15.3 Å². The molecule has 0 aromatic heterocycles. The summed E-state index contributed by atoms with van der Waals surface area (Å²) in [4.78, 5) is 0.777. The van der Waals surface area contributed by atoms with Crippen molar-refractivity contribution in [1.29, 1.82) is 0 Å². The monoisotopic (exact) mass is 193 g/mol. The third kappa shape index (κ3) is 1.36. The summed E-state index contributed by atoms with van der Waals surface area (Å²) < 4.78 is 0. The predicted octanol–water partition coefficient (Wildman–Crippen LogP) is -1.34. The highest BCUT2D eigenvalue weighted by Gasteiger charge is 2.49. The van der Waals surface area contributed by atoms with Crippen LogP contribution < -0.4 is 0 Å². The van der Waals surface area contributed by atoms with E-state index in [1.54, 1.807) is 4.90 Å². The summed E-state index contributed by atoms with van der Waals surface area (Å²) in [7, 11) is 0. The molecule has 3 N–H and O–H groups in total. The van der Waals surface area contributed by atoms with E-state index in [2.05, 4.69) is 12.6 Å². The van der Waals surface area contributed by atoms with E-state index in [1.807, 2.05) is 6.92 Å². The van der Waals surface area contributed by atoms with Crippen LogP contribution in [-0.4, -0.2) is 57.0 Å². The minimum atomic E-state index is -0.981. The molecule has 1 heterocycles. The molecule has 12 heavy (non-hydrogen) atoms. The first-order chi connectivity index (χ1) is 5.56. The molecule has 0 aliphatic carbocycles. The summed E-state index contributed by atoms with van der Waals surface area (Å²) in [6, 6.07) is 0. The molecule has 0 saturated carbocycles. The molecule has 1 fully saturated rings. The van der Waals surface area contributed by atoms with Crippen LogP contribution in [0.5, 0.6) is 0 Å². The molecule has 1 rings (SSSR count). The summed E-state index contributed by atoms with van der Waals surface area (Å²) in [6.07, 6.45) is -1.79. The molecule has 3 unspecified atom stereocenters. The highest BCUT2D eigenvalue weighted by molar-refractivity contribution is 7.81. The minimum Gasteiger partial charge on any atom is -0.393 e. The molecule has 0 bridgehead atoms. The summed E-state index contributed by atoms with van der Waals surface area (Å²) >= 11 is 4.18. The van der Waals surface area contributed by atoms with E-state index >= 15 is 0 Å². The van der Waals surface area contributed by atoms with Gasteiger partial charge in [-0.15, -0.1) is 0 Å². The van der Waals surface area contributed by atoms with E-state index in [0.29, 0.717) is 13.1 Å². The second kappa shape index (κ2) is 3.51. The molecule has 4 nitrogen and oxygen atoms in total. The van der Waals surface area contributed by atoms with E-state index < -0.39 is 17.1 Å². The second-order valence-electron chi connectivity index (χ2n) is 3.09. The Morgan fingerprint density at radius 1 is 1.58 bits per heavy atom. The number of nitrogens with zero attached hydrogens (tertiary/aromatic N) is 1. The lowest BCUT2D eigenvalue weighted by Gasteiger charge is -2.33. The fraction of sp³-hybridized carbons (Fsp3) is 1.00. The Kier molecular flexibility index (Phi) is 3.01. The molecule has 5 heteroatoms. The van der Waals surface area contributed by atoms with Crippen LogP contribution in [0.2, 0.25) is 0 Å². The van der Waals surface area contributed by atoms with E-state index in [9.17, 15) is 10.2 Å². The van der Waals surface area contributed by atoms with Crippen molar-refractivity contribution in [2.75, 3.05) is 19.7 Å². The lowest BCUT2D eigenvalue weighted by Crippen LogP contribution is -2.49. The van der Waals surface area contributed by atoms with Gasteiger partial charge in [-0.25, -0.2) is 0 Å². The first kappa shape index (κ1) is 10.3. The van der Waals surface area contributed by atoms with Crippen LogP contribution in [0.1, 0.15) is 6.92 Å². The number of aliphatic hydroxyl groups is 3. The van der Waals surface area contributed by atoms with Crippen molar-refractivity contribution in [2.45, 2.75) is 24.0 Å². The number of β-amino-alcohol motifs (C(OH)–C–C–N with tert-alkyl or cyclic N) is 1. The molecule has 0 aromatic carbocycles. The van der Waals surface area contributed by atoms with Crippen molar-refractivity contribution in [3.63, 3.8) is 0 Å².